The van der Waals surface area contributed by atoms with Crippen LogP contribution in [0.25, 0.3) is 0 Å². The zero-order valence-electron chi connectivity index (χ0n) is 11.4. The summed E-state index contributed by atoms with van der Waals surface area (Å²) in [6, 6.07) is 6.53. The van der Waals surface area contributed by atoms with Crippen LogP contribution >= 0.6 is 0 Å². The van der Waals surface area contributed by atoms with Crippen molar-refractivity contribution >= 4 is 11.8 Å². The molecular weight excluding hydrogens is 275 g/mol. The predicted octanol–water partition coefficient (Wildman–Crippen LogP) is 1.13. The van der Waals surface area contributed by atoms with Crippen molar-refractivity contribution in [1.29, 1.82) is 0 Å². The van der Waals surface area contributed by atoms with E-state index >= 15 is 0 Å². The Hall–Kier alpha value is -2.05. The van der Waals surface area contributed by atoms with E-state index in [1.807, 2.05) is 0 Å². The third-order valence-corrected chi connectivity index (χ3v) is 3.60. The minimum atomic E-state index is -0.487. The van der Waals surface area contributed by atoms with E-state index in [1.54, 1.807) is 24.3 Å². The Balaban J connectivity index is 1.81. The van der Waals surface area contributed by atoms with Crippen LogP contribution in [0.15, 0.2) is 35.7 Å². The Morgan fingerprint density at radius 1 is 1.24 bits per heavy atom. The molecule has 1 fully saturated rings. The van der Waals surface area contributed by atoms with E-state index in [0.29, 0.717) is 36.4 Å². The third kappa shape index (κ3) is 2.59. The molecule has 2 amide bonds. The highest BCUT2D eigenvalue weighted by Gasteiger charge is 2.35. The Morgan fingerprint density at radius 2 is 1.90 bits per heavy atom. The van der Waals surface area contributed by atoms with Crippen molar-refractivity contribution in [3.05, 3.63) is 46.8 Å². The molecule has 2 aliphatic heterocycles. The topological polar surface area (TPSA) is 58.6 Å². The Labute approximate surface area is 121 Å². The van der Waals surface area contributed by atoms with E-state index in [1.165, 1.54) is 0 Å². The highest BCUT2D eigenvalue weighted by molar-refractivity contribution is 6.21. The molecule has 0 atom stereocenters. The number of carbonyl (C=O) groups is 2. The summed E-state index contributed by atoms with van der Waals surface area (Å²) in [7, 11) is 0. The molecule has 0 spiro atoms. The molecule has 0 saturated carbocycles. The van der Waals surface area contributed by atoms with Gasteiger partial charge in [0.1, 0.15) is 5.83 Å². The second-order valence-corrected chi connectivity index (χ2v) is 4.98. The molecular formula is C15H15FN2O3. The molecule has 2 aliphatic rings. The summed E-state index contributed by atoms with van der Waals surface area (Å²) in [4.78, 5) is 25.3. The minimum Gasteiger partial charge on any atom is -0.376 e. The van der Waals surface area contributed by atoms with Crippen LogP contribution < -0.4 is 5.32 Å². The van der Waals surface area contributed by atoms with Crippen LogP contribution in [-0.4, -0.2) is 49.6 Å². The van der Waals surface area contributed by atoms with Gasteiger partial charge in [-0.2, -0.15) is 0 Å². The average molecular weight is 290 g/mol. The quantitative estimate of drug-likeness (QED) is 0.829. The molecule has 5 nitrogen and oxygen atoms in total. The summed E-state index contributed by atoms with van der Waals surface area (Å²) in [6.45, 7) is 1.39. The first kappa shape index (κ1) is 13.9. The fourth-order valence-corrected chi connectivity index (χ4v) is 2.44. The van der Waals surface area contributed by atoms with Crippen molar-refractivity contribution in [3.8, 4) is 0 Å². The van der Waals surface area contributed by atoms with Gasteiger partial charge in [0.05, 0.1) is 30.9 Å². The normalized spacial score (nSPS) is 21.3. The van der Waals surface area contributed by atoms with Crippen molar-refractivity contribution in [3.63, 3.8) is 0 Å². The summed E-state index contributed by atoms with van der Waals surface area (Å²) in [6.07, 6.45) is 0. The standard InChI is InChI=1S/C15H15FN2O3/c16-13(10-7-17-5-6-21-9-10)8-18-14(19)11-3-1-2-4-12(11)15(18)20/h1-4,17H,5-9H2/b13-10-. The Morgan fingerprint density at radius 3 is 2.57 bits per heavy atom. The van der Waals surface area contributed by atoms with Gasteiger partial charge in [0.15, 0.2) is 0 Å². The number of imide groups is 1. The first-order valence-corrected chi connectivity index (χ1v) is 6.78. The molecule has 1 aromatic rings. The number of nitrogens with one attached hydrogen (secondary N) is 1. The number of halogens is 1. The Bertz CT molecular complexity index is 582. The minimum absolute atomic E-state index is 0.183. The monoisotopic (exact) mass is 290 g/mol. The fraction of sp³-hybridized carbons (Fsp3) is 0.333. The van der Waals surface area contributed by atoms with Crippen molar-refractivity contribution in [2.24, 2.45) is 0 Å². The molecule has 1 aromatic carbocycles. The molecule has 0 aromatic heterocycles. The van der Waals surface area contributed by atoms with Crippen molar-refractivity contribution in [2.75, 3.05) is 32.8 Å². The molecule has 2 heterocycles. The lowest BCUT2D eigenvalue weighted by molar-refractivity contribution is 0.0658. The van der Waals surface area contributed by atoms with Crippen LogP contribution in [0.5, 0.6) is 0 Å². The van der Waals surface area contributed by atoms with Crippen molar-refractivity contribution in [2.45, 2.75) is 0 Å². The number of nitrogens with zero attached hydrogens (tertiary/aromatic N) is 1. The summed E-state index contributed by atoms with van der Waals surface area (Å²) >= 11 is 0. The molecule has 1 N–H and O–H groups in total. The number of hydrogen-bond donors (Lipinski definition) is 1. The number of fused-ring (bicyclic) bond motifs is 1. The number of amides is 2. The lowest BCUT2D eigenvalue weighted by Crippen LogP contribution is -2.32. The molecule has 0 radical (unpaired) electrons. The molecule has 1 saturated heterocycles. The van der Waals surface area contributed by atoms with Gasteiger partial charge in [-0.1, -0.05) is 12.1 Å². The second-order valence-electron chi connectivity index (χ2n) is 4.98. The van der Waals surface area contributed by atoms with Crippen LogP contribution in [0.1, 0.15) is 20.7 Å². The van der Waals surface area contributed by atoms with Crippen LogP contribution in [0.3, 0.4) is 0 Å². The smallest absolute Gasteiger partial charge is 0.261 e. The van der Waals surface area contributed by atoms with Gasteiger partial charge in [0.2, 0.25) is 0 Å². The second kappa shape index (κ2) is 5.75. The molecule has 0 aliphatic carbocycles. The zero-order chi connectivity index (χ0) is 14.8. The van der Waals surface area contributed by atoms with E-state index in [2.05, 4.69) is 5.32 Å². The summed E-state index contributed by atoms with van der Waals surface area (Å²) in [5, 5.41) is 3.03. The van der Waals surface area contributed by atoms with E-state index < -0.39 is 17.6 Å². The Kier molecular flexibility index (Phi) is 3.81. The van der Waals surface area contributed by atoms with E-state index in [0.717, 1.165) is 4.90 Å². The SMILES string of the molecule is O=C1c2ccccc2C(=O)N1C/C(F)=C1\CNCCOC1. The zero-order valence-corrected chi connectivity index (χ0v) is 11.4. The number of rotatable bonds is 2. The molecule has 110 valence electrons. The van der Waals surface area contributed by atoms with Crippen molar-refractivity contribution in [1.82, 2.24) is 10.2 Å². The fourth-order valence-electron chi connectivity index (χ4n) is 2.44. The molecule has 6 heteroatoms. The third-order valence-electron chi connectivity index (χ3n) is 3.60. The van der Waals surface area contributed by atoms with Gasteiger partial charge in [-0.05, 0) is 12.1 Å². The van der Waals surface area contributed by atoms with Crippen LogP contribution in [0.2, 0.25) is 0 Å². The maximum atomic E-state index is 14.3. The van der Waals surface area contributed by atoms with Crippen molar-refractivity contribution < 1.29 is 18.7 Å². The first-order chi connectivity index (χ1) is 10.2. The van der Waals surface area contributed by atoms with Gasteiger partial charge < -0.3 is 10.1 Å². The molecule has 21 heavy (non-hydrogen) atoms. The van der Waals surface area contributed by atoms with Gasteiger partial charge >= 0.3 is 0 Å². The lowest BCUT2D eigenvalue weighted by atomic mass is 10.1. The highest BCUT2D eigenvalue weighted by atomic mass is 19.1. The molecule has 3 rings (SSSR count). The van der Waals surface area contributed by atoms with Gasteiger partial charge in [0, 0.05) is 18.7 Å². The molecule has 0 unspecified atom stereocenters. The van der Waals surface area contributed by atoms with Gasteiger partial charge in [-0.25, -0.2) is 4.39 Å². The van der Waals surface area contributed by atoms with E-state index in [9.17, 15) is 14.0 Å². The van der Waals surface area contributed by atoms with E-state index in [-0.39, 0.29) is 13.2 Å². The number of hydrogen-bond acceptors (Lipinski definition) is 4. The van der Waals surface area contributed by atoms with Crippen LogP contribution in [0, 0.1) is 0 Å². The average Bonchev–Trinajstić information content (AvgIpc) is 2.72. The van der Waals surface area contributed by atoms with Gasteiger partial charge in [-0.3, -0.25) is 14.5 Å². The summed E-state index contributed by atoms with van der Waals surface area (Å²) < 4.78 is 19.6. The summed E-state index contributed by atoms with van der Waals surface area (Å²) in [5.41, 5.74) is 1.11. The largest absolute Gasteiger partial charge is 0.376 e. The predicted molar refractivity (Wildman–Crippen MR) is 73.6 cm³/mol. The van der Waals surface area contributed by atoms with Gasteiger partial charge in [-0.15, -0.1) is 0 Å². The number of carbonyl (C=O) groups excluding carboxylic acids is 2. The van der Waals surface area contributed by atoms with Gasteiger partial charge in [0.25, 0.3) is 11.8 Å². The molecule has 0 bridgehead atoms. The first-order valence-electron chi connectivity index (χ1n) is 6.78. The van der Waals surface area contributed by atoms with Crippen LogP contribution in [-0.2, 0) is 4.74 Å². The summed E-state index contributed by atoms with van der Waals surface area (Å²) in [5.74, 6) is -1.39. The van der Waals surface area contributed by atoms with E-state index in [4.69, 9.17) is 4.74 Å². The van der Waals surface area contributed by atoms with Crippen LogP contribution in [0.4, 0.5) is 4.39 Å². The lowest BCUT2D eigenvalue weighted by Gasteiger charge is -2.14. The highest BCUT2D eigenvalue weighted by Crippen LogP contribution is 2.24. The number of ether oxygens (including phenoxy) is 1. The maximum Gasteiger partial charge on any atom is 0.261 e. The number of benzene rings is 1. The maximum absolute atomic E-state index is 14.3.